The maximum absolute atomic E-state index is 5.93. The van der Waals surface area contributed by atoms with E-state index in [4.69, 9.17) is 4.74 Å². The van der Waals surface area contributed by atoms with Crippen molar-refractivity contribution in [2.75, 3.05) is 6.61 Å². The summed E-state index contributed by atoms with van der Waals surface area (Å²) < 4.78 is 7.03. The minimum Gasteiger partial charge on any atom is -0.493 e. The molecule has 0 amide bonds. The lowest BCUT2D eigenvalue weighted by molar-refractivity contribution is 0.153. The van der Waals surface area contributed by atoms with Crippen LogP contribution in [0.25, 0.3) is 0 Å². The van der Waals surface area contributed by atoms with E-state index in [9.17, 15) is 0 Å². The zero-order valence-electron chi connectivity index (χ0n) is 13.1. The third-order valence-corrected chi connectivity index (χ3v) is 5.65. The third-order valence-electron chi connectivity index (χ3n) is 5.16. The summed E-state index contributed by atoms with van der Waals surface area (Å²) in [7, 11) is 0. The molecule has 0 aromatic heterocycles. The summed E-state index contributed by atoms with van der Waals surface area (Å²) in [4.78, 5) is 0. The molecule has 1 aliphatic heterocycles. The Morgan fingerprint density at radius 2 is 2.05 bits per heavy atom. The van der Waals surface area contributed by atoms with Crippen LogP contribution in [0.4, 0.5) is 0 Å². The minimum atomic E-state index is 0.404. The van der Waals surface area contributed by atoms with E-state index in [2.05, 4.69) is 53.3 Å². The second kappa shape index (κ2) is 6.29. The Morgan fingerprint density at radius 3 is 2.86 bits per heavy atom. The second-order valence-corrected chi connectivity index (χ2v) is 8.09. The zero-order valence-corrected chi connectivity index (χ0v) is 14.7. The first-order valence-corrected chi connectivity index (χ1v) is 9.04. The number of nitrogens with one attached hydrogen (secondary N) is 1. The van der Waals surface area contributed by atoms with Crippen molar-refractivity contribution in [1.82, 2.24) is 5.32 Å². The normalized spacial score (nSPS) is 28.3. The van der Waals surface area contributed by atoms with E-state index in [1.165, 1.54) is 37.7 Å². The van der Waals surface area contributed by atoms with Crippen molar-refractivity contribution in [3.63, 3.8) is 0 Å². The average Bonchev–Trinajstić information content (AvgIpc) is 2.63. The van der Waals surface area contributed by atoms with Gasteiger partial charge in [0.1, 0.15) is 5.75 Å². The van der Waals surface area contributed by atoms with E-state index in [0.29, 0.717) is 17.5 Å². The highest BCUT2D eigenvalue weighted by Crippen LogP contribution is 2.39. The topological polar surface area (TPSA) is 21.3 Å². The average molecular weight is 352 g/mol. The fraction of sp³-hybridized carbons (Fsp3) is 0.667. The second-order valence-electron chi connectivity index (χ2n) is 7.18. The molecular weight excluding hydrogens is 326 g/mol. The molecule has 116 valence electrons. The molecule has 1 aliphatic carbocycles. The van der Waals surface area contributed by atoms with Gasteiger partial charge in [-0.1, -0.05) is 48.7 Å². The Bertz CT molecular complexity index is 500. The van der Waals surface area contributed by atoms with Gasteiger partial charge in [0, 0.05) is 22.1 Å². The van der Waals surface area contributed by atoms with Crippen molar-refractivity contribution in [2.45, 2.75) is 64.5 Å². The number of ether oxygens (including phenoxy) is 1. The minimum absolute atomic E-state index is 0.404. The number of hydrogen-bond donors (Lipinski definition) is 1. The summed E-state index contributed by atoms with van der Waals surface area (Å²) in [5.74, 6) is 1.05. The van der Waals surface area contributed by atoms with E-state index >= 15 is 0 Å². The van der Waals surface area contributed by atoms with Gasteiger partial charge in [-0.05, 0) is 43.2 Å². The predicted octanol–water partition coefficient (Wildman–Crippen LogP) is 5.22. The fourth-order valence-corrected chi connectivity index (χ4v) is 4.11. The van der Waals surface area contributed by atoms with Crippen molar-refractivity contribution in [2.24, 2.45) is 5.41 Å². The maximum atomic E-state index is 5.93. The van der Waals surface area contributed by atoms with Gasteiger partial charge in [0.2, 0.25) is 0 Å². The van der Waals surface area contributed by atoms with Crippen molar-refractivity contribution >= 4 is 15.9 Å². The molecule has 0 spiro atoms. The molecule has 1 fully saturated rings. The summed E-state index contributed by atoms with van der Waals surface area (Å²) in [5, 5.41) is 3.97. The van der Waals surface area contributed by atoms with E-state index < -0.39 is 0 Å². The van der Waals surface area contributed by atoms with E-state index in [1.807, 2.05) is 0 Å². The zero-order chi connectivity index (χ0) is 14.9. The molecule has 3 rings (SSSR count). The molecule has 0 bridgehead atoms. The van der Waals surface area contributed by atoms with Crippen LogP contribution < -0.4 is 10.1 Å². The molecule has 2 nitrogen and oxygen atoms in total. The van der Waals surface area contributed by atoms with Gasteiger partial charge in [0.25, 0.3) is 0 Å². The summed E-state index contributed by atoms with van der Waals surface area (Å²) in [6, 6.07) is 7.51. The van der Waals surface area contributed by atoms with Crippen LogP contribution in [0.3, 0.4) is 0 Å². The van der Waals surface area contributed by atoms with Crippen LogP contribution in [0.15, 0.2) is 22.7 Å². The van der Waals surface area contributed by atoms with Gasteiger partial charge < -0.3 is 10.1 Å². The van der Waals surface area contributed by atoms with Gasteiger partial charge in [-0.15, -0.1) is 0 Å². The smallest absolute Gasteiger partial charge is 0.125 e. The summed E-state index contributed by atoms with van der Waals surface area (Å²) in [5.41, 5.74) is 1.73. The van der Waals surface area contributed by atoms with Crippen LogP contribution in [0.1, 0.15) is 64.0 Å². The van der Waals surface area contributed by atoms with Gasteiger partial charge >= 0.3 is 0 Å². The lowest BCUT2D eigenvalue weighted by Crippen LogP contribution is -2.45. The van der Waals surface area contributed by atoms with E-state index in [-0.39, 0.29) is 0 Å². The highest BCUT2D eigenvalue weighted by molar-refractivity contribution is 9.10. The molecule has 1 saturated carbocycles. The highest BCUT2D eigenvalue weighted by Gasteiger charge is 2.34. The summed E-state index contributed by atoms with van der Waals surface area (Å²) in [6.45, 7) is 5.66. The number of halogens is 1. The van der Waals surface area contributed by atoms with Gasteiger partial charge in [0.15, 0.2) is 0 Å². The molecule has 0 saturated heterocycles. The van der Waals surface area contributed by atoms with E-state index in [0.717, 1.165) is 23.2 Å². The molecule has 3 heteroatoms. The molecule has 1 aromatic carbocycles. The van der Waals surface area contributed by atoms with Crippen molar-refractivity contribution < 1.29 is 4.74 Å². The molecule has 21 heavy (non-hydrogen) atoms. The number of benzene rings is 1. The standard InChI is InChI=1S/C18H26BrNO/c1-18(2)10-4-3-7-17(18)20-15-6-5-11-21-16-12-13(19)8-9-14(15)16/h8-9,12,15,17,20H,3-7,10-11H2,1-2H3. The predicted molar refractivity (Wildman–Crippen MR) is 90.8 cm³/mol. The first kappa shape index (κ1) is 15.4. The molecule has 2 aliphatic rings. The van der Waals surface area contributed by atoms with Crippen LogP contribution in [0.5, 0.6) is 5.75 Å². The Morgan fingerprint density at radius 1 is 1.19 bits per heavy atom. The van der Waals surface area contributed by atoms with Crippen LogP contribution in [-0.4, -0.2) is 12.6 Å². The summed E-state index contributed by atoms with van der Waals surface area (Å²) in [6.07, 6.45) is 7.66. The van der Waals surface area contributed by atoms with Crippen molar-refractivity contribution in [3.8, 4) is 5.75 Å². The highest BCUT2D eigenvalue weighted by atomic mass is 79.9. The molecule has 1 aromatic rings. The largest absolute Gasteiger partial charge is 0.493 e. The van der Waals surface area contributed by atoms with Crippen LogP contribution in [0, 0.1) is 5.41 Å². The molecule has 2 atom stereocenters. The van der Waals surface area contributed by atoms with Crippen molar-refractivity contribution in [3.05, 3.63) is 28.2 Å². The quantitative estimate of drug-likeness (QED) is 0.788. The lowest BCUT2D eigenvalue weighted by Gasteiger charge is -2.41. The number of fused-ring (bicyclic) bond motifs is 1. The maximum Gasteiger partial charge on any atom is 0.125 e. The molecule has 1 heterocycles. The van der Waals surface area contributed by atoms with Gasteiger partial charge in [-0.25, -0.2) is 0 Å². The van der Waals surface area contributed by atoms with Gasteiger partial charge in [0.05, 0.1) is 6.61 Å². The third kappa shape index (κ3) is 3.45. The first-order valence-electron chi connectivity index (χ1n) is 8.24. The fourth-order valence-electron chi connectivity index (χ4n) is 3.77. The molecule has 1 N–H and O–H groups in total. The SMILES string of the molecule is CC1(C)CCCCC1NC1CCCOc2cc(Br)ccc21. The van der Waals surface area contributed by atoms with Crippen LogP contribution in [-0.2, 0) is 0 Å². The Kier molecular flexibility index (Phi) is 4.60. The lowest BCUT2D eigenvalue weighted by atomic mass is 9.73. The molecule has 2 unspecified atom stereocenters. The molecular formula is C18H26BrNO. The van der Waals surface area contributed by atoms with Crippen molar-refractivity contribution in [1.29, 1.82) is 0 Å². The molecule has 0 radical (unpaired) electrons. The van der Waals surface area contributed by atoms with E-state index in [1.54, 1.807) is 0 Å². The van der Waals surface area contributed by atoms with Gasteiger partial charge in [-0.3, -0.25) is 0 Å². The summed E-state index contributed by atoms with van der Waals surface area (Å²) >= 11 is 3.55. The monoisotopic (exact) mass is 351 g/mol. The number of hydrogen-bond acceptors (Lipinski definition) is 2. The first-order chi connectivity index (χ1) is 10.1. The van der Waals surface area contributed by atoms with Gasteiger partial charge in [-0.2, -0.15) is 0 Å². The number of rotatable bonds is 2. The van der Waals surface area contributed by atoms with Crippen LogP contribution >= 0.6 is 15.9 Å². The van der Waals surface area contributed by atoms with Crippen LogP contribution in [0.2, 0.25) is 0 Å². The Hall–Kier alpha value is -0.540. The Balaban J connectivity index is 1.82. The Labute approximate surface area is 136 Å².